The van der Waals surface area contributed by atoms with Crippen molar-refractivity contribution in [2.45, 2.75) is 76.6 Å². The van der Waals surface area contributed by atoms with Gasteiger partial charge in [0.2, 0.25) is 5.91 Å². The molecule has 1 heterocycles. The summed E-state index contributed by atoms with van der Waals surface area (Å²) in [6.45, 7) is 8.46. The van der Waals surface area contributed by atoms with Gasteiger partial charge in [0.15, 0.2) is 9.84 Å². The third-order valence-electron chi connectivity index (χ3n) is 7.34. The largest absolute Gasteiger partial charge is 0.481 e. The van der Waals surface area contributed by atoms with Crippen LogP contribution < -0.4 is 0 Å². The molecule has 2 aromatic rings. The van der Waals surface area contributed by atoms with E-state index in [1.807, 2.05) is 37.3 Å². The lowest BCUT2D eigenvalue weighted by molar-refractivity contribution is -0.160. The van der Waals surface area contributed by atoms with E-state index in [1.165, 1.54) is 0 Å². The molecule has 3 rings (SSSR count). The molecule has 0 spiro atoms. The van der Waals surface area contributed by atoms with Crippen molar-refractivity contribution in [1.29, 1.82) is 0 Å². The van der Waals surface area contributed by atoms with Gasteiger partial charge in [0.05, 0.1) is 28.4 Å². The Bertz CT molecular complexity index is 1260. The van der Waals surface area contributed by atoms with Gasteiger partial charge in [-0.1, -0.05) is 61.3 Å². The molecule has 9 heteroatoms. The summed E-state index contributed by atoms with van der Waals surface area (Å²) in [6.07, 6.45) is 0.288. The highest BCUT2D eigenvalue weighted by Gasteiger charge is 2.53. The number of carboxylic acids is 1. The molecule has 0 radical (unpaired) electrons. The molecule has 4 atom stereocenters. The highest BCUT2D eigenvalue weighted by Crippen LogP contribution is 2.52. The minimum Gasteiger partial charge on any atom is -0.481 e. The van der Waals surface area contributed by atoms with E-state index < -0.39 is 38.1 Å². The van der Waals surface area contributed by atoms with Gasteiger partial charge < -0.3 is 10.0 Å². The Hall–Kier alpha value is -2.09. The number of nitrogens with zero attached hydrogens (tertiary/aromatic N) is 1. The number of hydrogen-bond donors (Lipinski definition) is 1. The topological polar surface area (TPSA) is 91.8 Å². The van der Waals surface area contributed by atoms with Crippen LogP contribution in [-0.4, -0.2) is 46.8 Å². The van der Waals surface area contributed by atoms with E-state index >= 15 is 0 Å². The van der Waals surface area contributed by atoms with Gasteiger partial charge in [0.25, 0.3) is 0 Å². The van der Waals surface area contributed by atoms with E-state index in [0.29, 0.717) is 16.5 Å². The van der Waals surface area contributed by atoms with Crippen LogP contribution in [0.4, 0.5) is 0 Å². The van der Waals surface area contributed by atoms with Crippen molar-refractivity contribution < 1.29 is 23.1 Å². The maximum absolute atomic E-state index is 14.2. The zero-order valence-electron chi connectivity index (χ0n) is 21.9. The van der Waals surface area contributed by atoms with Crippen molar-refractivity contribution in [2.75, 3.05) is 5.75 Å². The summed E-state index contributed by atoms with van der Waals surface area (Å²) in [4.78, 5) is 27.8. The van der Waals surface area contributed by atoms with Crippen molar-refractivity contribution in [3.05, 3.63) is 69.7 Å². The Morgan fingerprint density at radius 2 is 1.73 bits per heavy atom. The Balaban J connectivity index is 2.27. The Morgan fingerprint density at radius 3 is 2.24 bits per heavy atom. The second kappa shape index (κ2) is 11.0. The molecule has 1 aliphatic rings. The number of amides is 1. The molecular formula is C28H35Cl2NO5S. The lowest BCUT2D eigenvalue weighted by Gasteiger charge is -2.52. The summed E-state index contributed by atoms with van der Waals surface area (Å²) in [7, 11) is -3.60. The van der Waals surface area contributed by atoms with Crippen LogP contribution in [0.3, 0.4) is 0 Å². The van der Waals surface area contributed by atoms with Crippen LogP contribution in [0.1, 0.15) is 77.0 Å². The van der Waals surface area contributed by atoms with Gasteiger partial charge in [-0.25, -0.2) is 8.42 Å². The highest BCUT2D eigenvalue weighted by atomic mass is 35.5. The average Bonchev–Trinajstić information content (AvgIpc) is 2.78. The van der Waals surface area contributed by atoms with Crippen LogP contribution >= 0.6 is 23.2 Å². The SMILES string of the molecule is CC[C@@H](CS(=O)(=O)C(C)(C)C)N1C(=O)[C@](C)(CC(=O)O)C[C@H](c2cccc(Cl)c2)[C@H]1c1ccc(Cl)cc1. The first-order valence-corrected chi connectivity index (χ1v) is 14.8. The number of likely N-dealkylation sites (tertiary alicyclic amines) is 1. The van der Waals surface area contributed by atoms with E-state index in [4.69, 9.17) is 23.2 Å². The number of carbonyl (C=O) groups is 2. The normalized spacial score (nSPS) is 23.6. The monoisotopic (exact) mass is 567 g/mol. The first kappa shape index (κ1) is 29.5. The second-order valence-corrected chi connectivity index (χ2v) is 14.8. The van der Waals surface area contributed by atoms with Crippen molar-refractivity contribution in [3.8, 4) is 0 Å². The van der Waals surface area contributed by atoms with Crippen molar-refractivity contribution in [3.63, 3.8) is 0 Å². The number of halogens is 2. The molecule has 6 nitrogen and oxygen atoms in total. The van der Waals surface area contributed by atoms with Gasteiger partial charge in [-0.05, 0) is 69.0 Å². The lowest BCUT2D eigenvalue weighted by Crippen LogP contribution is -2.58. The maximum atomic E-state index is 14.2. The first-order chi connectivity index (χ1) is 17.1. The molecule has 1 saturated heterocycles. The van der Waals surface area contributed by atoms with E-state index in [0.717, 1.165) is 11.1 Å². The van der Waals surface area contributed by atoms with E-state index in [2.05, 4.69) is 0 Å². The minimum atomic E-state index is -3.60. The lowest BCUT2D eigenvalue weighted by atomic mass is 9.67. The molecule has 0 aliphatic carbocycles. The molecule has 37 heavy (non-hydrogen) atoms. The summed E-state index contributed by atoms with van der Waals surface area (Å²) >= 11 is 12.5. The number of sulfone groups is 1. The van der Waals surface area contributed by atoms with Crippen molar-refractivity contribution in [2.24, 2.45) is 5.41 Å². The molecule has 0 aromatic heterocycles. The smallest absolute Gasteiger partial charge is 0.304 e. The zero-order valence-corrected chi connectivity index (χ0v) is 24.2. The van der Waals surface area contributed by atoms with Crippen LogP contribution in [-0.2, 0) is 19.4 Å². The summed E-state index contributed by atoms with van der Waals surface area (Å²) in [6, 6.07) is 13.3. The highest BCUT2D eigenvalue weighted by molar-refractivity contribution is 7.92. The molecule has 0 bridgehead atoms. The van der Waals surface area contributed by atoms with Crippen LogP contribution in [0, 0.1) is 5.41 Å². The van der Waals surface area contributed by atoms with Crippen LogP contribution in [0.5, 0.6) is 0 Å². The number of benzene rings is 2. The maximum Gasteiger partial charge on any atom is 0.304 e. The Morgan fingerprint density at radius 1 is 1.11 bits per heavy atom. The fourth-order valence-electron chi connectivity index (χ4n) is 5.18. The van der Waals surface area contributed by atoms with Gasteiger partial charge >= 0.3 is 5.97 Å². The van der Waals surface area contributed by atoms with Crippen LogP contribution in [0.25, 0.3) is 0 Å². The third kappa shape index (κ3) is 6.32. The molecule has 1 N–H and O–H groups in total. The van der Waals surface area contributed by atoms with E-state index in [9.17, 15) is 23.1 Å². The third-order valence-corrected chi connectivity index (χ3v) is 10.5. The zero-order chi connectivity index (χ0) is 27.8. The number of rotatable bonds is 8. The first-order valence-electron chi connectivity index (χ1n) is 12.4. The number of piperidine rings is 1. The molecule has 202 valence electrons. The standard InChI is InChI=1S/C28H35Cl2NO5S/c1-6-22(17-37(35,36)27(2,3)4)31-25(18-10-12-20(29)13-11-18)23(19-8-7-9-21(30)14-19)15-28(5,26(31)34)16-24(32)33/h7-14,22-23,25H,6,15-17H2,1-5H3,(H,32,33)/t22-,23+,25+,28-/m0/s1. The fraction of sp³-hybridized carbons (Fsp3) is 0.500. The van der Waals surface area contributed by atoms with Crippen molar-refractivity contribution >= 4 is 44.9 Å². The minimum absolute atomic E-state index is 0.228. The summed E-state index contributed by atoms with van der Waals surface area (Å²) in [5.74, 6) is -1.99. The molecule has 1 aliphatic heterocycles. The Labute approximate surface area is 229 Å². The molecular weight excluding hydrogens is 533 g/mol. The quantitative estimate of drug-likeness (QED) is 0.391. The van der Waals surface area contributed by atoms with E-state index in [-0.39, 0.29) is 30.4 Å². The summed E-state index contributed by atoms with van der Waals surface area (Å²) < 4.78 is 25.6. The number of hydrogen-bond acceptors (Lipinski definition) is 4. The van der Waals surface area contributed by atoms with E-state index in [1.54, 1.807) is 50.8 Å². The van der Waals surface area contributed by atoms with Gasteiger partial charge in [-0.2, -0.15) is 0 Å². The molecule has 0 unspecified atom stereocenters. The second-order valence-electron chi connectivity index (χ2n) is 11.2. The van der Waals surface area contributed by atoms with Gasteiger partial charge in [-0.3, -0.25) is 9.59 Å². The van der Waals surface area contributed by atoms with Gasteiger partial charge in [0.1, 0.15) is 0 Å². The van der Waals surface area contributed by atoms with Gasteiger partial charge in [-0.15, -0.1) is 0 Å². The van der Waals surface area contributed by atoms with Crippen LogP contribution in [0.15, 0.2) is 48.5 Å². The fourth-order valence-corrected chi connectivity index (χ4v) is 6.91. The van der Waals surface area contributed by atoms with Crippen molar-refractivity contribution in [1.82, 2.24) is 4.90 Å². The number of carboxylic acid groups (broad SMARTS) is 1. The molecule has 1 amide bonds. The average molecular weight is 569 g/mol. The molecule has 0 saturated carbocycles. The Kier molecular flexibility index (Phi) is 8.72. The van der Waals surface area contributed by atoms with Gasteiger partial charge in [0, 0.05) is 22.0 Å². The number of carbonyl (C=O) groups excluding carboxylic acids is 1. The number of aliphatic carboxylic acids is 1. The predicted molar refractivity (Wildman–Crippen MR) is 148 cm³/mol. The predicted octanol–water partition coefficient (Wildman–Crippen LogP) is 6.52. The summed E-state index contributed by atoms with van der Waals surface area (Å²) in [5.41, 5.74) is 0.419. The molecule has 1 fully saturated rings. The molecule has 2 aromatic carbocycles. The van der Waals surface area contributed by atoms with Crippen LogP contribution in [0.2, 0.25) is 10.0 Å². The summed E-state index contributed by atoms with van der Waals surface area (Å²) in [5, 5.41) is 10.8.